The number of hydrogen-bond donors (Lipinski definition) is 2. The largest absolute Gasteiger partial charge is 0.469 e. The molecule has 172 valence electrons. The Bertz CT molecular complexity index is 579. The molecule has 0 saturated carbocycles. The summed E-state index contributed by atoms with van der Waals surface area (Å²) >= 11 is 0. The summed E-state index contributed by atoms with van der Waals surface area (Å²) in [5.41, 5.74) is 0. The van der Waals surface area contributed by atoms with E-state index in [-0.39, 0.29) is 24.0 Å². The molecule has 0 radical (unpaired) electrons. The van der Waals surface area contributed by atoms with Crippen LogP contribution in [0.4, 0.5) is 0 Å². The molecule has 2 aliphatic rings. The van der Waals surface area contributed by atoms with E-state index in [1.807, 2.05) is 12.1 Å². The van der Waals surface area contributed by atoms with E-state index in [2.05, 4.69) is 22.5 Å². The van der Waals surface area contributed by atoms with Crippen molar-refractivity contribution < 1.29 is 13.9 Å². The molecular weight excluding hydrogens is 495 g/mol. The van der Waals surface area contributed by atoms with Gasteiger partial charge in [-0.2, -0.15) is 0 Å². The quantitative estimate of drug-likeness (QED) is 0.186. The van der Waals surface area contributed by atoms with Gasteiger partial charge in [0, 0.05) is 44.7 Å². The Kier molecular flexibility index (Phi) is 12.7. The van der Waals surface area contributed by atoms with Crippen molar-refractivity contribution in [3.63, 3.8) is 0 Å². The van der Waals surface area contributed by atoms with E-state index in [1.165, 1.54) is 19.4 Å². The standard InChI is InChI=1S/C22H38N4O3.HI/c1-2-26-12-3-6-20(26)16-25-22(24-11-8-21-7-4-14-29-21)23-10-5-13-27-17-19-9-15-28-18-19;/h4,7,14,19-20H,2-3,5-6,8-13,15-18H2,1H3,(H2,23,24,25);1H. The lowest BCUT2D eigenvalue weighted by Gasteiger charge is -2.21. The second-order valence-electron chi connectivity index (χ2n) is 7.95. The van der Waals surface area contributed by atoms with Crippen molar-refractivity contribution in [1.82, 2.24) is 15.5 Å². The van der Waals surface area contributed by atoms with Gasteiger partial charge < -0.3 is 24.5 Å². The number of ether oxygens (including phenoxy) is 2. The molecule has 0 amide bonds. The van der Waals surface area contributed by atoms with Gasteiger partial charge in [0.2, 0.25) is 0 Å². The van der Waals surface area contributed by atoms with Crippen LogP contribution in [0.5, 0.6) is 0 Å². The van der Waals surface area contributed by atoms with Crippen molar-refractivity contribution in [1.29, 1.82) is 0 Å². The highest BCUT2D eigenvalue weighted by Gasteiger charge is 2.22. The summed E-state index contributed by atoms with van der Waals surface area (Å²) in [6.45, 7) is 10.4. The Morgan fingerprint density at radius 2 is 2.20 bits per heavy atom. The van der Waals surface area contributed by atoms with Crippen molar-refractivity contribution in [3.05, 3.63) is 24.2 Å². The molecule has 8 heteroatoms. The van der Waals surface area contributed by atoms with Gasteiger partial charge in [-0.1, -0.05) is 6.92 Å². The van der Waals surface area contributed by atoms with Crippen molar-refractivity contribution >= 4 is 29.9 Å². The van der Waals surface area contributed by atoms with Crippen LogP contribution in [0, 0.1) is 5.92 Å². The maximum absolute atomic E-state index is 5.80. The molecule has 7 nitrogen and oxygen atoms in total. The van der Waals surface area contributed by atoms with Gasteiger partial charge in [-0.15, -0.1) is 24.0 Å². The highest BCUT2D eigenvalue weighted by Crippen LogP contribution is 2.16. The van der Waals surface area contributed by atoms with E-state index in [0.29, 0.717) is 12.0 Å². The van der Waals surface area contributed by atoms with Gasteiger partial charge in [0.05, 0.1) is 26.0 Å². The minimum Gasteiger partial charge on any atom is -0.469 e. The molecule has 0 bridgehead atoms. The van der Waals surface area contributed by atoms with Crippen LogP contribution in [0.15, 0.2) is 27.8 Å². The van der Waals surface area contributed by atoms with E-state index in [9.17, 15) is 0 Å². The van der Waals surface area contributed by atoms with Crippen molar-refractivity contribution in [2.24, 2.45) is 10.9 Å². The number of furan rings is 1. The molecule has 3 rings (SSSR count). The van der Waals surface area contributed by atoms with Crippen LogP contribution in [-0.4, -0.2) is 76.1 Å². The Labute approximate surface area is 198 Å². The number of nitrogens with one attached hydrogen (secondary N) is 2. The number of rotatable bonds is 12. The van der Waals surface area contributed by atoms with Gasteiger partial charge >= 0.3 is 0 Å². The van der Waals surface area contributed by atoms with E-state index >= 15 is 0 Å². The maximum Gasteiger partial charge on any atom is 0.191 e. The lowest BCUT2D eigenvalue weighted by atomic mass is 10.1. The first-order valence-electron chi connectivity index (χ1n) is 11.3. The minimum absolute atomic E-state index is 0. The predicted molar refractivity (Wildman–Crippen MR) is 131 cm³/mol. The highest BCUT2D eigenvalue weighted by atomic mass is 127. The summed E-state index contributed by atoms with van der Waals surface area (Å²) in [4.78, 5) is 7.40. The lowest BCUT2D eigenvalue weighted by Crippen LogP contribution is -2.40. The number of halogens is 1. The van der Waals surface area contributed by atoms with Crippen LogP contribution in [0.2, 0.25) is 0 Å². The molecule has 0 aliphatic carbocycles. The third kappa shape index (κ3) is 9.11. The summed E-state index contributed by atoms with van der Waals surface area (Å²) in [5.74, 6) is 2.47. The third-order valence-electron chi connectivity index (χ3n) is 5.74. The van der Waals surface area contributed by atoms with Crippen LogP contribution >= 0.6 is 24.0 Å². The Morgan fingerprint density at radius 1 is 1.30 bits per heavy atom. The summed E-state index contributed by atoms with van der Waals surface area (Å²) in [6.07, 6.45) is 7.20. The average Bonchev–Trinajstić information content (AvgIpc) is 3.50. The smallest absolute Gasteiger partial charge is 0.191 e. The van der Waals surface area contributed by atoms with Crippen molar-refractivity contribution in [2.75, 3.05) is 59.2 Å². The highest BCUT2D eigenvalue weighted by molar-refractivity contribution is 14.0. The van der Waals surface area contributed by atoms with Gasteiger partial charge in [0.1, 0.15) is 5.76 Å². The van der Waals surface area contributed by atoms with Gasteiger partial charge in [-0.05, 0) is 50.9 Å². The summed E-state index contributed by atoms with van der Waals surface area (Å²) in [7, 11) is 0. The Balaban J connectivity index is 0.00000320. The number of hydrogen-bond acceptors (Lipinski definition) is 5. The summed E-state index contributed by atoms with van der Waals surface area (Å²) in [5, 5.41) is 6.92. The number of likely N-dealkylation sites (tertiary alicyclic amines) is 1. The normalized spacial score (nSPS) is 22.2. The molecule has 2 N–H and O–H groups in total. The average molecular weight is 534 g/mol. The molecular formula is C22H39IN4O3. The van der Waals surface area contributed by atoms with Gasteiger partial charge in [-0.3, -0.25) is 9.89 Å². The molecule has 2 fully saturated rings. The molecule has 30 heavy (non-hydrogen) atoms. The maximum atomic E-state index is 5.80. The second-order valence-corrected chi connectivity index (χ2v) is 7.95. The first-order chi connectivity index (χ1) is 14.3. The predicted octanol–water partition coefficient (Wildman–Crippen LogP) is 2.90. The van der Waals surface area contributed by atoms with Crippen LogP contribution in [-0.2, 0) is 15.9 Å². The molecule has 1 aromatic heterocycles. The first-order valence-corrected chi connectivity index (χ1v) is 11.3. The van der Waals surface area contributed by atoms with Gasteiger partial charge in [0.25, 0.3) is 0 Å². The Morgan fingerprint density at radius 3 is 2.97 bits per heavy atom. The number of likely N-dealkylation sites (N-methyl/N-ethyl adjacent to an activating group) is 1. The lowest BCUT2D eigenvalue weighted by molar-refractivity contribution is 0.0888. The van der Waals surface area contributed by atoms with Crippen LogP contribution in [0.3, 0.4) is 0 Å². The molecule has 2 aliphatic heterocycles. The minimum atomic E-state index is 0. The first kappa shape index (κ1) is 25.4. The fraction of sp³-hybridized carbons (Fsp3) is 0.773. The summed E-state index contributed by atoms with van der Waals surface area (Å²) in [6, 6.07) is 4.51. The van der Waals surface area contributed by atoms with Crippen LogP contribution in [0.1, 0.15) is 38.4 Å². The fourth-order valence-electron chi connectivity index (χ4n) is 3.99. The molecule has 0 aromatic carbocycles. The zero-order chi connectivity index (χ0) is 20.2. The van der Waals surface area contributed by atoms with Crippen LogP contribution in [0.25, 0.3) is 0 Å². The van der Waals surface area contributed by atoms with Crippen molar-refractivity contribution in [2.45, 2.75) is 45.1 Å². The zero-order valence-corrected chi connectivity index (χ0v) is 20.6. The van der Waals surface area contributed by atoms with E-state index < -0.39 is 0 Å². The Hall–Kier alpha value is -0.840. The SMILES string of the molecule is CCN1CCCC1CN=C(NCCCOCC1CCOC1)NCCc1ccco1.I. The van der Waals surface area contributed by atoms with Gasteiger partial charge in [0.15, 0.2) is 5.96 Å². The van der Waals surface area contributed by atoms with Gasteiger partial charge in [-0.25, -0.2) is 0 Å². The third-order valence-corrected chi connectivity index (χ3v) is 5.74. The number of aliphatic imine (C=N–C) groups is 1. The van der Waals surface area contributed by atoms with E-state index in [4.69, 9.17) is 18.9 Å². The molecule has 3 heterocycles. The topological polar surface area (TPSA) is 71.3 Å². The number of nitrogens with zero attached hydrogens (tertiary/aromatic N) is 2. The number of guanidine groups is 1. The fourth-order valence-corrected chi connectivity index (χ4v) is 3.99. The second kappa shape index (κ2) is 15.0. The van der Waals surface area contributed by atoms with E-state index in [1.54, 1.807) is 6.26 Å². The van der Waals surface area contributed by atoms with Crippen LogP contribution < -0.4 is 10.6 Å². The monoisotopic (exact) mass is 534 g/mol. The molecule has 2 saturated heterocycles. The van der Waals surface area contributed by atoms with E-state index in [0.717, 1.165) is 83.6 Å². The van der Waals surface area contributed by atoms with Crippen molar-refractivity contribution in [3.8, 4) is 0 Å². The molecule has 1 aromatic rings. The molecule has 0 spiro atoms. The summed E-state index contributed by atoms with van der Waals surface area (Å²) < 4.78 is 16.6. The molecule has 2 atom stereocenters. The zero-order valence-electron chi connectivity index (χ0n) is 18.3. The molecule has 2 unspecified atom stereocenters.